The number of nitrogens with one attached hydrogen (secondary N) is 1. The van der Waals surface area contributed by atoms with E-state index in [-0.39, 0.29) is 25.0 Å². The normalized spacial score (nSPS) is 12.0. The molecule has 3 rings (SSSR count). The van der Waals surface area contributed by atoms with Crippen LogP contribution in [-0.2, 0) is 22.5 Å². The van der Waals surface area contributed by atoms with Crippen LogP contribution in [0.2, 0.25) is 0 Å². The van der Waals surface area contributed by atoms with Crippen LogP contribution in [0.25, 0.3) is 10.6 Å². The lowest BCUT2D eigenvalue weighted by atomic mass is 10.0. The Hall–Kier alpha value is -2.75. The van der Waals surface area contributed by atoms with E-state index in [0.717, 1.165) is 27.3 Å². The van der Waals surface area contributed by atoms with Crippen LogP contribution in [0.5, 0.6) is 5.75 Å². The van der Waals surface area contributed by atoms with Crippen LogP contribution >= 0.6 is 27.3 Å². The SMILES string of the molecule is COc1c(Br)cc(CC(OC(C)C)C(=O)O)cc1CNC(=O)c1sc(-c2ccc(C)cc2)nc1C. The predicted octanol–water partition coefficient (Wildman–Crippen LogP) is 5.55. The summed E-state index contributed by atoms with van der Waals surface area (Å²) in [6.07, 6.45) is -1.01. The second kappa shape index (κ2) is 11.8. The molecule has 186 valence electrons. The standard InChI is InChI=1S/C26H29BrN2O5S/c1-14(2)34-21(26(31)32)12-17-10-19(22(33-5)20(27)11-17)13-28-24(30)23-16(4)29-25(35-23)18-8-6-15(3)7-9-18/h6-11,14,21H,12-13H2,1-5H3,(H,28,30)(H,31,32). The van der Waals surface area contributed by atoms with E-state index in [1.54, 1.807) is 21.0 Å². The number of hydrogen-bond acceptors (Lipinski definition) is 6. The van der Waals surface area contributed by atoms with Gasteiger partial charge in [-0.2, -0.15) is 0 Å². The van der Waals surface area contributed by atoms with Crippen LogP contribution in [0.3, 0.4) is 0 Å². The molecule has 0 bridgehead atoms. The van der Waals surface area contributed by atoms with Gasteiger partial charge in [-0.05, 0) is 55.3 Å². The molecule has 0 aliphatic heterocycles. The Morgan fingerprint density at radius 3 is 2.46 bits per heavy atom. The van der Waals surface area contributed by atoms with Crippen molar-refractivity contribution in [2.75, 3.05) is 7.11 Å². The van der Waals surface area contributed by atoms with Gasteiger partial charge in [0.05, 0.1) is 23.4 Å². The van der Waals surface area contributed by atoms with Crippen molar-refractivity contribution in [3.63, 3.8) is 0 Å². The van der Waals surface area contributed by atoms with Crippen molar-refractivity contribution in [1.29, 1.82) is 0 Å². The molecule has 1 heterocycles. The molecule has 0 radical (unpaired) electrons. The Bertz CT molecular complexity index is 1210. The van der Waals surface area contributed by atoms with Crippen LogP contribution in [0.15, 0.2) is 40.9 Å². The number of carbonyl (C=O) groups is 2. The van der Waals surface area contributed by atoms with Crippen molar-refractivity contribution < 1.29 is 24.2 Å². The topological polar surface area (TPSA) is 97.8 Å². The number of hydrogen-bond donors (Lipinski definition) is 2. The number of aryl methyl sites for hydroxylation is 2. The largest absolute Gasteiger partial charge is 0.495 e. The summed E-state index contributed by atoms with van der Waals surface area (Å²) in [6.45, 7) is 7.64. The van der Waals surface area contributed by atoms with Crippen molar-refractivity contribution in [1.82, 2.24) is 10.3 Å². The number of methoxy groups -OCH3 is 1. The molecule has 0 saturated carbocycles. The summed E-state index contributed by atoms with van der Waals surface area (Å²) in [4.78, 5) is 29.8. The Kier molecular flexibility index (Phi) is 9.04. The van der Waals surface area contributed by atoms with E-state index in [1.807, 2.05) is 50.2 Å². The number of benzene rings is 2. The van der Waals surface area contributed by atoms with Gasteiger partial charge in [-0.25, -0.2) is 9.78 Å². The second-order valence-electron chi connectivity index (χ2n) is 8.47. The molecule has 0 aliphatic carbocycles. The number of carboxylic acid groups (broad SMARTS) is 1. The number of aliphatic carboxylic acids is 1. The maximum Gasteiger partial charge on any atom is 0.333 e. The number of nitrogens with zero attached hydrogens (tertiary/aromatic N) is 1. The lowest BCUT2D eigenvalue weighted by molar-refractivity contribution is -0.153. The third-order valence-electron chi connectivity index (χ3n) is 5.26. The lowest BCUT2D eigenvalue weighted by Crippen LogP contribution is -2.29. The van der Waals surface area contributed by atoms with Crippen molar-refractivity contribution in [3.8, 4) is 16.3 Å². The Morgan fingerprint density at radius 2 is 1.86 bits per heavy atom. The number of halogens is 1. The van der Waals surface area contributed by atoms with Crippen LogP contribution in [0.1, 0.15) is 45.9 Å². The van der Waals surface area contributed by atoms with Crippen LogP contribution in [0, 0.1) is 13.8 Å². The summed E-state index contributed by atoms with van der Waals surface area (Å²) in [7, 11) is 1.55. The molecule has 1 aromatic heterocycles. The zero-order valence-corrected chi connectivity index (χ0v) is 22.7. The minimum absolute atomic E-state index is 0.185. The molecule has 0 saturated heterocycles. The average Bonchev–Trinajstić information content (AvgIpc) is 3.18. The van der Waals surface area contributed by atoms with Gasteiger partial charge in [-0.1, -0.05) is 35.9 Å². The Morgan fingerprint density at radius 1 is 1.17 bits per heavy atom. The van der Waals surface area contributed by atoms with Gasteiger partial charge < -0.3 is 19.9 Å². The summed E-state index contributed by atoms with van der Waals surface area (Å²) in [6, 6.07) is 11.7. The second-order valence-corrected chi connectivity index (χ2v) is 10.3. The first kappa shape index (κ1) is 26.8. The minimum Gasteiger partial charge on any atom is -0.495 e. The quantitative estimate of drug-likeness (QED) is 0.337. The van der Waals surface area contributed by atoms with Crippen molar-refractivity contribution in [2.24, 2.45) is 0 Å². The van der Waals surface area contributed by atoms with Gasteiger partial charge in [0.15, 0.2) is 6.10 Å². The van der Waals surface area contributed by atoms with Gasteiger partial charge in [-0.15, -0.1) is 11.3 Å². The predicted molar refractivity (Wildman–Crippen MR) is 140 cm³/mol. The summed E-state index contributed by atoms with van der Waals surface area (Å²) in [5.74, 6) is -0.675. The van der Waals surface area contributed by atoms with Crippen LogP contribution in [-0.4, -0.2) is 41.3 Å². The van der Waals surface area contributed by atoms with Crippen molar-refractivity contribution in [2.45, 2.75) is 52.9 Å². The summed E-state index contributed by atoms with van der Waals surface area (Å²) in [5, 5.41) is 13.3. The fraction of sp³-hybridized carbons (Fsp3) is 0.346. The summed E-state index contributed by atoms with van der Waals surface area (Å²) < 4.78 is 11.7. The lowest BCUT2D eigenvalue weighted by Gasteiger charge is -2.18. The number of amides is 1. The fourth-order valence-electron chi connectivity index (χ4n) is 3.61. The smallest absolute Gasteiger partial charge is 0.333 e. The number of carbonyl (C=O) groups excluding carboxylic acids is 1. The highest BCUT2D eigenvalue weighted by atomic mass is 79.9. The first-order valence-electron chi connectivity index (χ1n) is 11.1. The molecule has 3 aromatic rings. The Balaban J connectivity index is 1.79. The highest BCUT2D eigenvalue weighted by Crippen LogP contribution is 2.32. The van der Waals surface area contributed by atoms with Gasteiger partial charge in [0, 0.05) is 24.1 Å². The number of rotatable bonds is 10. The first-order valence-corrected chi connectivity index (χ1v) is 12.8. The molecule has 9 heteroatoms. The van der Waals surface area contributed by atoms with E-state index in [2.05, 4.69) is 26.2 Å². The van der Waals surface area contributed by atoms with E-state index in [9.17, 15) is 14.7 Å². The van der Waals surface area contributed by atoms with E-state index < -0.39 is 12.1 Å². The van der Waals surface area contributed by atoms with Gasteiger partial charge in [0.25, 0.3) is 5.91 Å². The summed E-state index contributed by atoms with van der Waals surface area (Å²) >= 11 is 4.85. The van der Waals surface area contributed by atoms with Crippen molar-refractivity contribution >= 4 is 39.1 Å². The number of carboxylic acids is 1. The number of ether oxygens (including phenoxy) is 2. The molecule has 35 heavy (non-hydrogen) atoms. The molecule has 0 aliphatic rings. The zero-order chi connectivity index (χ0) is 25.7. The monoisotopic (exact) mass is 560 g/mol. The molecule has 1 atom stereocenters. The average molecular weight is 561 g/mol. The molecular formula is C26H29BrN2O5S. The zero-order valence-electron chi connectivity index (χ0n) is 20.3. The van der Waals surface area contributed by atoms with Crippen molar-refractivity contribution in [3.05, 3.63) is 68.1 Å². The third kappa shape index (κ3) is 6.90. The highest BCUT2D eigenvalue weighted by molar-refractivity contribution is 9.10. The van der Waals surface area contributed by atoms with Gasteiger partial charge in [0.2, 0.25) is 0 Å². The Labute approximate surface area is 217 Å². The molecule has 7 nitrogen and oxygen atoms in total. The molecule has 2 N–H and O–H groups in total. The number of aromatic nitrogens is 1. The van der Waals surface area contributed by atoms with Crippen LogP contribution in [0.4, 0.5) is 0 Å². The molecular weight excluding hydrogens is 532 g/mol. The molecule has 0 fully saturated rings. The molecule has 1 amide bonds. The van der Waals surface area contributed by atoms with Gasteiger partial charge >= 0.3 is 5.97 Å². The van der Waals surface area contributed by atoms with Gasteiger partial charge in [0.1, 0.15) is 15.6 Å². The molecule has 1 unspecified atom stereocenters. The van der Waals surface area contributed by atoms with Crippen LogP contribution < -0.4 is 10.1 Å². The third-order valence-corrected chi connectivity index (χ3v) is 7.05. The number of thiazole rings is 1. The van der Waals surface area contributed by atoms with E-state index in [4.69, 9.17) is 9.47 Å². The maximum atomic E-state index is 13.0. The van der Waals surface area contributed by atoms with E-state index >= 15 is 0 Å². The fourth-order valence-corrected chi connectivity index (χ4v) is 5.31. The maximum absolute atomic E-state index is 13.0. The molecule has 2 aromatic carbocycles. The molecule has 0 spiro atoms. The van der Waals surface area contributed by atoms with E-state index in [0.29, 0.717) is 20.8 Å². The minimum atomic E-state index is -1.02. The summed E-state index contributed by atoms with van der Waals surface area (Å²) in [5.41, 5.74) is 4.27. The van der Waals surface area contributed by atoms with Gasteiger partial charge in [-0.3, -0.25) is 4.79 Å². The van der Waals surface area contributed by atoms with E-state index in [1.165, 1.54) is 11.3 Å². The first-order chi connectivity index (χ1) is 16.6. The highest BCUT2D eigenvalue weighted by Gasteiger charge is 2.22.